The van der Waals surface area contributed by atoms with E-state index in [1.165, 1.54) is 37.1 Å². The third-order valence-electron chi connectivity index (χ3n) is 5.25. The Morgan fingerprint density at radius 2 is 1.93 bits per heavy atom. The molecular formula is C22H29N3O2S. The highest BCUT2D eigenvalue weighted by atomic mass is 32.1. The first-order valence-electron chi connectivity index (χ1n) is 10.1. The molecule has 0 aliphatic carbocycles. The van der Waals surface area contributed by atoms with Crippen molar-refractivity contribution >= 4 is 28.8 Å². The topological polar surface area (TPSA) is 61.4 Å². The first-order valence-corrected chi connectivity index (χ1v) is 11.0. The first kappa shape index (κ1) is 20.6. The molecule has 1 aliphatic rings. The molecule has 0 bridgehead atoms. The number of carbonyl (C=O) groups excluding carboxylic acids is 2. The zero-order chi connectivity index (χ0) is 19.8. The predicted octanol–water partition coefficient (Wildman–Crippen LogP) is 4.38. The second-order valence-electron chi connectivity index (χ2n) is 7.35. The van der Waals surface area contributed by atoms with Crippen LogP contribution < -0.4 is 10.6 Å². The Bertz CT molecular complexity index is 759. The number of nitrogens with one attached hydrogen (secondary N) is 2. The molecule has 28 heavy (non-hydrogen) atoms. The van der Waals surface area contributed by atoms with Crippen molar-refractivity contribution in [3.05, 3.63) is 52.2 Å². The van der Waals surface area contributed by atoms with Crippen LogP contribution in [-0.4, -0.2) is 42.4 Å². The van der Waals surface area contributed by atoms with Crippen LogP contribution >= 0.6 is 11.3 Å². The molecule has 1 saturated heterocycles. The van der Waals surface area contributed by atoms with Crippen LogP contribution in [0, 0.1) is 0 Å². The van der Waals surface area contributed by atoms with Crippen LogP contribution in [0.15, 0.2) is 41.8 Å². The minimum atomic E-state index is -0.129. The van der Waals surface area contributed by atoms with E-state index in [1.54, 1.807) is 30.3 Å². The van der Waals surface area contributed by atoms with Gasteiger partial charge in [0.2, 0.25) is 0 Å². The van der Waals surface area contributed by atoms with Crippen LogP contribution in [0.25, 0.3) is 0 Å². The van der Waals surface area contributed by atoms with Gasteiger partial charge in [0.1, 0.15) is 0 Å². The van der Waals surface area contributed by atoms with Gasteiger partial charge >= 0.3 is 0 Å². The molecule has 1 fully saturated rings. The van der Waals surface area contributed by atoms with Gasteiger partial charge in [0, 0.05) is 23.8 Å². The van der Waals surface area contributed by atoms with Crippen LogP contribution in [0.1, 0.15) is 59.1 Å². The second kappa shape index (κ2) is 10.4. The van der Waals surface area contributed by atoms with Crippen molar-refractivity contribution in [1.29, 1.82) is 0 Å². The molecule has 1 unspecified atom stereocenters. The molecule has 6 heteroatoms. The molecule has 3 rings (SSSR count). The third-order valence-corrected chi connectivity index (χ3v) is 6.12. The molecule has 1 aliphatic heterocycles. The lowest BCUT2D eigenvalue weighted by atomic mass is 10.0. The van der Waals surface area contributed by atoms with Gasteiger partial charge in [0.05, 0.1) is 4.88 Å². The van der Waals surface area contributed by atoms with E-state index in [1.807, 2.05) is 11.4 Å². The maximum absolute atomic E-state index is 12.3. The summed E-state index contributed by atoms with van der Waals surface area (Å²) in [6.07, 6.45) is 6.07. The molecule has 0 saturated carbocycles. The van der Waals surface area contributed by atoms with Crippen molar-refractivity contribution in [2.45, 2.75) is 45.1 Å². The van der Waals surface area contributed by atoms with Crippen molar-refractivity contribution in [2.75, 3.05) is 25.0 Å². The zero-order valence-corrected chi connectivity index (χ0v) is 17.3. The van der Waals surface area contributed by atoms with Gasteiger partial charge in [0.25, 0.3) is 11.8 Å². The summed E-state index contributed by atoms with van der Waals surface area (Å²) in [6, 6.07) is 11.3. The van der Waals surface area contributed by atoms with Crippen molar-refractivity contribution in [2.24, 2.45) is 0 Å². The molecule has 0 radical (unpaired) electrons. The molecule has 150 valence electrons. The summed E-state index contributed by atoms with van der Waals surface area (Å²) < 4.78 is 0. The van der Waals surface area contributed by atoms with Gasteiger partial charge in [0.15, 0.2) is 0 Å². The standard InChI is InChI=1S/C22H29N3O2S/c1-17-7-2-4-14-25(17)15-5-3-13-23-21(26)18-9-11-19(12-10-18)24-22(27)20-8-6-16-28-20/h6,8-12,16-17H,2-5,7,13-15H2,1H3,(H,23,26)(H,24,27). The van der Waals surface area contributed by atoms with Crippen LogP contribution in [0.2, 0.25) is 0 Å². The van der Waals surface area contributed by atoms with E-state index in [4.69, 9.17) is 0 Å². The predicted molar refractivity (Wildman–Crippen MR) is 115 cm³/mol. The number of rotatable bonds is 8. The summed E-state index contributed by atoms with van der Waals surface area (Å²) in [5.41, 5.74) is 1.30. The first-order chi connectivity index (χ1) is 13.6. The number of piperidine rings is 1. The Hall–Kier alpha value is -2.18. The summed E-state index contributed by atoms with van der Waals surface area (Å²) in [5.74, 6) is -0.197. The van der Waals surface area contributed by atoms with Crippen molar-refractivity contribution in [3.8, 4) is 0 Å². The average Bonchev–Trinajstić information content (AvgIpc) is 3.24. The Morgan fingerprint density at radius 1 is 1.11 bits per heavy atom. The summed E-state index contributed by atoms with van der Waals surface area (Å²) >= 11 is 1.40. The highest BCUT2D eigenvalue weighted by Gasteiger charge is 2.17. The lowest BCUT2D eigenvalue weighted by molar-refractivity contribution is 0.0951. The Labute approximate surface area is 171 Å². The molecule has 5 nitrogen and oxygen atoms in total. The number of amides is 2. The molecule has 2 amide bonds. The summed E-state index contributed by atoms with van der Waals surface area (Å²) in [6.45, 7) is 5.34. The summed E-state index contributed by atoms with van der Waals surface area (Å²) in [4.78, 5) is 27.6. The molecule has 1 atom stereocenters. The number of nitrogens with zero attached hydrogens (tertiary/aromatic N) is 1. The van der Waals surface area contributed by atoms with Gasteiger partial charge in [-0.2, -0.15) is 0 Å². The van der Waals surface area contributed by atoms with Gasteiger partial charge in [-0.1, -0.05) is 12.5 Å². The number of likely N-dealkylation sites (tertiary alicyclic amines) is 1. The quantitative estimate of drug-likeness (QED) is 0.648. The molecule has 2 heterocycles. The average molecular weight is 400 g/mol. The van der Waals surface area contributed by atoms with Crippen LogP contribution in [0.3, 0.4) is 0 Å². The normalized spacial score (nSPS) is 17.2. The van der Waals surface area contributed by atoms with Gasteiger partial charge in [-0.05, 0) is 81.4 Å². The van der Waals surface area contributed by atoms with Gasteiger partial charge in [-0.3, -0.25) is 9.59 Å². The number of anilines is 1. The van der Waals surface area contributed by atoms with E-state index < -0.39 is 0 Å². The van der Waals surface area contributed by atoms with Gasteiger partial charge in [-0.15, -0.1) is 11.3 Å². The molecule has 1 aromatic heterocycles. The van der Waals surface area contributed by atoms with Crippen LogP contribution in [-0.2, 0) is 0 Å². The smallest absolute Gasteiger partial charge is 0.265 e. The molecule has 2 N–H and O–H groups in total. The number of hydrogen-bond acceptors (Lipinski definition) is 4. The van der Waals surface area contributed by atoms with E-state index >= 15 is 0 Å². The number of unbranched alkanes of at least 4 members (excludes halogenated alkanes) is 1. The number of hydrogen-bond donors (Lipinski definition) is 2. The maximum atomic E-state index is 12.3. The van der Waals surface area contributed by atoms with E-state index in [0.717, 1.165) is 19.4 Å². The highest BCUT2D eigenvalue weighted by Crippen LogP contribution is 2.17. The lowest BCUT2D eigenvalue weighted by Crippen LogP contribution is -2.38. The lowest BCUT2D eigenvalue weighted by Gasteiger charge is -2.33. The largest absolute Gasteiger partial charge is 0.352 e. The fourth-order valence-electron chi connectivity index (χ4n) is 3.54. The molecular weight excluding hydrogens is 370 g/mol. The van der Waals surface area contributed by atoms with Crippen molar-refractivity contribution in [3.63, 3.8) is 0 Å². The van der Waals surface area contributed by atoms with E-state index in [9.17, 15) is 9.59 Å². The van der Waals surface area contributed by atoms with E-state index in [-0.39, 0.29) is 11.8 Å². The maximum Gasteiger partial charge on any atom is 0.265 e. The van der Waals surface area contributed by atoms with E-state index in [2.05, 4.69) is 22.5 Å². The number of carbonyl (C=O) groups is 2. The van der Waals surface area contributed by atoms with Gasteiger partial charge in [-0.25, -0.2) is 0 Å². The molecule has 1 aromatic carbocycles. The Kier molecular flexibility index (Phi) is 7.62. The summed E-state index contributed by atoms with van der Waals surface area (Å²) in [7, 11) is 0. The van der Waals surface area contributed by atoms with Gasteiger partial charge < -0.3 is 15.5 Å². The highest BCUT2D eigenvalue weighted by molar-refractivity contribution is 7.12. The minimum Gasteiger partial charge on any atom is -0.352 e. The Balaban J connectivity index is 1.36. The number of benzene rings is 1. The number of thiophene rings is 1. The fraction of sp³-hybridized carbons (Fsp3) is 0.455. The summed E-state index contributed by atoms with van der Waals surface area (Å²) in [5, 5.41) is 7.70. The zero-order valence-electron chi connectivity index (χ0n) is 16.4. The third kappa shape index (κ3) is 5.91. The second-order valence-corrected chi connectivity index (χ2v) is 8.30. The fourth-order valence-corrected chi connectivity index (χ4v) is 4.16. The van der Waals surface area contributed by atoms with Crippen molar-refractivity contribution in [1.82, 2.24) is 10.2 Å². The Morgan fingerprint density at radius 3 is 2.64 bits per heavy atom. The molecule has 2 aromatic rings. The van der Waals surface area contributed by atoms with Crippen LogP contribution in [0.4, 0.5) is 5.69 Å². The SMILES string of the molecule is CC1CCCCN1CCCCNC(=O)c1ccc(NC(=O)c2cccs2)cc1. The monoisotopic (exact) mass is 399 g/mol. The van der Waals surface area contributed by atoms with Crippen molar-refractivity contribution < 1.29 is 9.59 Å². The minimum absolute atomic E-state index is 0.0672. The van der Waals surface area contributed by atoms with Crippen LogP contribution in [0.5, 0.6) is 0 Å². The van der Waals surface area contributed by atoms with E-state index in [0.29, 0.717) is 28.7 Å². The molecule has 0 spiro atoms.